The third-order valence-electron chi connectivity index (χ3n) is 11.0. The summed E-state index contributed by atoms with van der Waals surface area (Å²) in [6, 6.07) is 0. The zero-order chi connectivity index (χ0) is 40.8. The van der Waals surface area contributed by atoms with Gasteiger partial charge in [-0.2, -0.15) is 0 Å². The van der Waals surface area contributed by atoms with E-state index >= 15 is 0 Å². The first-order valence-corrected chi connectivity index (χ1v) is 24.7. The molecule has 0 radical (unpaired) electrons. The van der Waals surface area contributed by atoms with Crippen molar-refractivity contribution in [1.82, 2.24) is 0 Å². The molecule has 330 valence electrons. The number of rotatable bonds is 45. The van der Waals surface area contributed by atoms with Crippen LogP contribution in [0.15, 0.2) is 12.2 Å². The van der Waals surface area contributed by atoms with Crippen LogP contribution in [0.25, 0.3) is 0 Å². The number of esters is 3. The van der Waals surface area contributed by atoms with Crippen LogP contribution in [0.2, 0.25) is 0 Å². The smallest absolute Gasteiger partial charge is 0.306 e. The molecule has 0 aliphatic carbocycles. The second kappa shape index (κ2) is 45.8. The van der Waals surface area contributed by atoms with Crippen molar-refractivity contribution in [2.24, 2.45) is 0 Å². The highest BCUT2D eigenvalue weighted by atomic mass is 16.6. The Balaban J connectivity index is 4.33. The molecule has 0 amide bonds. The molecule has 6 heteroatoms. The Labute approximate surface area is 348 Å². The lowest BCUT2D eigenvalue weighted by molar-refractivity contribution is -0.167. The molecule has 0 fully saturated rings. The van der Waals surface area contributed by atoms with Gasteiger partial charge in [-0.1, -0.05) is 219 Å². The van der Waals surface area contributed by atoms with Gasteiger partial charge in [0.05, 0.1) is 0 Å². The van der Waals surface area contributed by atoms with Gasteiger partial charge in [0.2, 0.25) is 0 Å². The van der Waals surface area contributed by atoms with Crippen molar-refractivity contribution in [1.29, 1.82) is 0 Å². The van der Waals surface area contributed by atoms with Crippen molar-refractivity contribution in [2.45, 2.75) is 277 Å². The molecule has 0 aliphatic heterocycles. The summed E-state index contributed by atoms with van der Waals surface area (Å²) in [7, 11) is 0. The van der Waals surface area contributed by atoms with E-state index in [0.717, 1.165) is 64.2 Å². The zero-order valence-electron chi connectivity index (χ0n) is 37.7. The van der Waals surface area contributed by atoms with Crippen molar-refractivity contribution >= 4 is 17.9 Å². The molecule has 56 heavy (non-hydrogen) atoms. The number of hydrogen-bond donors (Lipinski definition) is 0. The Morgan fingerprint density at radius 1 is 0.339 bits per heavy atom. The minimum Gasteiger partial charge on any atom is -0.462 e. The summed E-state index contributed by atoms with van der Waals surface area (Å²) in [6.07, 6.45) is 49.0. The third-order valence-corrected chi connectivity index (χ3v) is 11.0. The van der Waals surface area contributed by atoms with Gasteiger partial charge in [-0.15, -0.1) is 0 Å². The maximum Gasteiger partial charge on any atom is 0.306 e. The zero-order valence-corrected chi connectivity index (χ0v) is 37.7. The molecule has 0 bridgehead atoms. The van der Waals surface area contributed by atoms with E-state index in [9.17, 15) is 14.4 Å². The predicted octanol–water partition coefficient (Wildman–Crippen LogP) is 15.8. The highest BCUT2D eigenvalue weighted by Gasteiger charge is 2.19. The molecule has 0 rings (SSSR count). The molecule has 0 saturated heterocycles. The molecule has 0 heterocycles. The number of unbranched alkanes of at least 4 members (excludes halogenated alkanes) is 32. The fraction of sp³-hybridized carbons (Fsp3) is 0.900. The number of allylic oxidation sites excluding steroid dienone is 2. The second-order valence-corrected chi connectivity index (χ2v) is 16.7. The monoisotopic (exact) mass is 791 g/mol. The lowest BCUT2D eigenvalue weighted by Gasteiger charge is -2.18. The van der Waals surface area contributed by atoms with Crippen molar-refractivity contribution in [3.05, 3.63) is 12.2 Å². The fourth-order valence-electron chi connectivity index (χ4n) is 7.26. The van der Waals surface area contributed by atoms with E-state index in [0.29, 0.717) is 19.3 Å². The Bertz CT molecular complexity index is 870. The SMILES string of the molecule is CCCCC/C=C\CCCCCCCC(=O)O[C@H](COC(=O)CCCCCCCCCCCCCC)COC(=O)CCCCCCCCCCCCCCCC. The van der Waals surface area contributed by atoms with Crippen LogP contribution in [0.4, 0.5) is 0 Å². The Hall–Kier alpha value is -1.85. The average Bonchev–Trinajstić information content (AvgIpc) is 3.19. The van der Waals surface area contributed by atoms with Gasteiger partial charge < -0.3 is 14.2 Å². The van der Waals surface area contributed by atoms with Crippen LogP contribution in [0.3, 0.4) is 0 Å². The van der Waals surface area contributed by atoms with Gasteiger partial charge in [0.15, 0.2) is 6.10 Å². The van der Waals surface area contributed by atoms with Crippen LogP contribution >= 0.6 is 0 Å². The van der Waals surface area contributed by atoms with Crippen LogP contribution in [0.5, 0.6) is 0 Å². The number of carbonyl (C=O) groups excluding carboxylic acids is 3. The van der Waals surface area contributed by atoms with Crippen molar-refractivity contribution in [3.8, 4) is 0 Å². The van der Waals surface area contributed by atoms with Crippen LogP contribution in [-0.4, -0.2) is 37.2 Å². The molecule has 6 nitrogen and oxygen atoms in total. The first-order chi connectivity index (χ1) is 27.5. The molecule has 0 N–H and O–H groups in total. The third kappa shape index (κ3) is 43.3. The predicted molar refractivity (Wildman–Crippen MR) is 238 cm³/mol. The molecule has 0 aliphatic rings. The molecule has 1 atom stereocenters. The minimum atomic E-state index is -0.766. The van der Waals surface area contributed by atoms with Crippen LogP contribution in [0, 0.1) is 0 Å². The molecule has 0 aromatic rings. The largest absolute Gasteiger partial charge is 0.462 e. The summed E-state index contributed by atoms with van der Waals surface area (Å²) in [5.41, 5.74) is 0. The summed E-state index contributed by atoms with van der Waals surface area (Å²) in [6.45, 7) is 6.63. The fourth-order valence-corrected chi connectivity index (χ4v) is 7.26. The summed E-state index contributed by atoms with van der Waals surface area (Å²) in [4.78, 5) is 37.8. The number of carbonyl (C=O) groups is 3. The first-order valence-electron chi connectivity index (χ1n) is 24.7. The van der Waals surface area contributed by atoms with E-state index in [1.54, 1.807) is 0 Å². The Kier molecular flexibility index (Phi) is 44.3. The number of ether oxygens (including phenoxy) is 3. The van der Waals surface area contributed by atoms with Crippen molar-refractivity contribution in [3.63, 3.8) is 0 Å². The first kappa shape index (κ1) is 54.2. The van der Waals surface area contributed by atoms with Gasteiger partial charge in [-0.3, -0.25) is 14.4 Å². The summed E-state index contributed by atoms with van der Waals surface area (Å²) in [5, 5.41) is 0. The standard InChI is InChI=1S/C50H94O6/c1-4-7-10-13-16-19-22-25-26-29-31-34-37-40-43-49(52)55-46-47(56-50(53)44-41-38-35-32-28-24-21-18-15-12-9-6-3)45-54-48(51)42-39-36-33-30-27-23-20-17-14-11-8-5-2/h18,21,47H,4-17,19-20,22-46H2,1-3H3/b21-18-/t47-/m1/s1. The lowest BCUT2D eigenvalue weighted by atomic mass is 10.0. The summed E-state index contributed by atoms with van der Waals surface area (Å²) < 4.78 is 16.8. The molecule has 0 saturated carbocycles. The van der Waals surface area contributed by atoms with E-state index in [1.165, 1.54) is 167 Å². The van der Waals surface area contributed by atoms with Crippen LogP contribution in [-0.2, 0) is 28.6 Å². The summed E-state index contributed by atoms with van der Waals surface area (Å²) >= 11 is 0. The van der Waals surface area contributed by atoms with Gasteiger partial charge in [-0.25, -0.2) is 0 Å². The maximum atomic E-state index is 12.7. The van der Waals surface area contributed by atoms with Crippen LogP contribution < -0.4 is 0 Å². The average molecular weight is 791 g/mol. The van der Waals surface area contributed by atoms with E-state index < -0.39 is 6.10 Å². The summed E-state index contributed by atoms with van der Waals surface area (Å²) in [5.74, 6) is -0.865. The van der Waals surface area contributed by atoms with Gasteiger partial charge in [0.1, 0.15) is 13.2 Å². The normalized spacial score (nSPS) is 12.0. The molecular weight excluding hydrogens is 697 g/mol. The van der Waals surface area contributed by atoms with E-state index in [-0.39, 0.29) is 31.1 Å². The van der Waals surface area contributed by atoms with Gasteiger partial charge in [0.25, 0.3) is 0 Å². The minimum absolute atomic E-state index is 0.0684. The van der Waals surface area contributed by atoms with Gasteiger partial charge >= 0.3 is 17.9 Å². The lowest BCUT2D eigenvalue weighted by Crippen LogP contribution is -2.30. The van der Waals surface area contributed by atoms with Gasteiger partial charge in [-0.05, 0) is 44.9 Å². The highest BCUT2D eigenvalue weighted by molar-refractivity contribution is 5.71. The Morgan fingerprint density at radius 3 is 0.929 bits per heavy atom. The molecular formula is C50H94O6. The number of hydrogen-bond acceptors (Lipinski definition) is 6. The van der Waals surface area contributed by atoms with Crippen molar-refractivity contribution in [2.75, 3.05) is 13.2 Å². The Morgan fingerprint density at radius 2 is 0.589 bits per heavy atom. The highest BCUT2D eigenvalue weighted by Crippen LogP contribution is 2.16. The van der Waals surface area contributed by atoms with E-state index in [2.05, 4.69) is 32.9 Å². The van der Waals surface area contributed by atoms with E-state index in [4.69, 9.17) is 14.2 Å². The molecule has 0 aromatic carbocycles. The quantitative estimate of drug-likeness (QED) is 0.0264. The van der Waals surface area contributed by atoms with Crippen LogP contribution in [0.1, 0.15) is 271 Å². The molecule has 0 spiro atoms. The molecule has 0 unspecified atom stereocenters. The van der Waals surface area contributed by atoms with Gasteiger partial charge in [0, 0.05) is 19.3 Å². The second-order valence-electron chi connectivity index (χ2n) is 16.7. The van der Waals surface area contributed by atoms with Crippen molar-refractivity contribution < 1.29 is 28.6 Å². The molecule has 0 aromatic heterocycles. The maximum absolute atomic E-state index is 12.7. The van der Waals surface area contributed by atoms with E-state index in [1.807, 2.05) is 0 Å². The topological polar surface area (TPSA) is 78.9 Å².